The van der Waals surface area contributed by atoms with Crippen LogP contribution in [0.1, 0.15) is 23.0 Å². The molecule has 0 saturated carbocycles. The second kappa shape index (κ2) is 8.29. The number of hydrogen-bond donors (Lipinski definition) is 1. The normalized spacial score (nSPS) is 10.5. The van der Waals surface area contributed by atoms with Crippen LogP contribution >= 0.6 is 0 Å². The molecule has 0 fully saturated rings. The Labute approximate surface area is 152 Å². The molecule has 0 radical (unpaired) electrons. The Morgan fingerprint density at radius 2 is 2.12 bits per heavy atom. The number of pyridine rings is 1. The van der Waals surface area contributed by atoms with Gasteiger partial charge in [0, 0.05) is 49.3 Å². The van der Waals surface area contributed by atoms with Crippen LogP contribution in [0.15, 0.2) is 59.4 Å². The highest BCUT2D eigenvalue weighted by Crippen LogP contribution is 2.19. The van der Waals surface area contributed by atoms with Crippen molar-refractivity contribution in [1.29, 1.82) is 0 Å². The molecule has 0 spiro atoms. The van der Waals surface area contributed by atoms with Gasteiger partial charge in [-0.3, -0.25) is 9.78 Å². The Morgan fingerprint density at radius 1 is 1.23 bits per heavy atom. The smallest absolute Gasteiger partial charge is 0.273 e. The number of hydrogen-bond acceptors (Lipinski definition) is 5. The molecular weight excluding hydrogens is 328 g/mol. The van der Waals surface area contributed by atoms with E-state index >= 15 is 0 Å². The molecule has 26 heavy (non-hydrogen) atoms. The minimum Gasteiger partial charge on any atom is -0.370 e. The van der Waals surface area contributed by atoms with Crippen molar-refractivity contribution in [1.82, 2.24) is 15.5 Å². The molecule has 2 aromatic heterocycles. The van der Waals surface area contributed by atoms with Crippen LogP contribution in [0.5, 0.6) is 0 Å². The molecule has 0 aliphatic rings. The maximum atomic E-state index is 12.3. The summed E-state index contributed by atoms with van der Waals surface area (Å²) >= 11 is 0. The number of likely N-dealkylation sites (N-methyl/N-ethyl adjacent to an activating group) is 1. The van der Waals surface area contributed by atoms with Crippen LogP contribution in [-0.4, -0.2) is 35.7 Å². The molecule has 6 nitrogen and oxygen atoms in total. The third-order valence-corrected chi connectivity index (χ3v) is 4.10. The van der Waals surface area contributed by atoms with Gasteiger partial charge >= 0.3 is 0 Å². The lowest BCUT2D eigenvalue weighted by atomic mass is 10.2. The number of anilines is 1. The van der Waals surface area contributed by atoms with E-state index in [1.165, 1.54) is 5.56 Å². The first kappa shape index (κ1) is 17.7. The van der Waals surface area contributed by atoms with E-state index in [4.69, 9.17) is 4.52 Å². The Balaban J connectivity index is 1.56. The molecule has 3 aromatic rings. The van der Waals surface area contributed by atoms with Gasteiger partial charge in [-0.2, -0.15) is 0 Å². The zero-order chi connectivity index (χ0) is 18.4. The summed E-state index contributed by atoms with van der Waals surface area (Å²) in [4.78, 5) is 18.5. The maximum absolute atomic E-state index is 12.3. The Kier molecular flexibility index (Phi) is 5.63. The fourth-order valence-corrected chi connectivity index (χ4v) is 2.72. The number of rotatable bonds is 7. The molecular formula is C20H22N4O2. The zero-order valence-electron chi connectivity index (χ0n) is 15.0. The van der Waals surface area contributed by atoms with E-state index in [1.807, 2.05) is 18.2 Å². The van der Waals surface area contributed by atoms with E-state index in [1.54, 1.807) is 18.5 Å². The number of aryl methyl sites for hydroxylation is 1. The summed E-state index contributed by atoms with van der Waals surface area (Å²) < 4.78 is 5.24. The predicted molar refractivity (Wildman–Crippen MR) is 101 cm³/mol. The van der Waals surface area contributed by atoms with E-state index in [-0.39, 0.29) is 11.6 Å². The molecule has 0 atom stereocenters. The standard InChI is InChI=1S/C20H22N4O2/c1-3-24(17-8-4-6-15(2)12-17)11-10-22-20(25)18-13-19(26-23-18)16-7-5-9-21-14-16/h4-9,12-14H,3,10-11H2,1-2H3,(H,22,25). The molecule has 0 unspecified atom stereocenters. The lowest BCUT2D eigenvalue weighted by Gasteiger charge is -2.23. The molecule has 134 valence electrons. The van der Waals surface area contributed by atoms with Gasteiger partial charge in [0.1, 0.15) is 0 Å². The number of aromatic nitrogens is 2. The summed E-state index contributed by atoms with van der Waals surface area (Å²) in [6.45, 7) is 6.29. The van der Waals surface area contributed by atoms with Crippen molar-refractivity contribution in [3.8, 4) is 11.3 Å². The van der Waals surface area contributed by atoms with Crippen LogP contribution < -0.4 is 10.2 Å². The van der Waals surface area contributed by atoms with Crippen molar-refractivity contribution in [3.63, 3.8) is 0 Å². The first-order chi connectivity index (χ1) is 12.7. The van der Waals surface area contributed by atoms with Crippen molar-refractivity contribution in [2.24, 2.45) is 0 Å². The van der Waals surface area contributed by atoms with E-state index in [0.717, 1.165) is 24.3 Å². The maximum Gasteiger partial charge on any atom is 0.273 e. The van der Waals surface area contributed by atoms with Gasteiger partial charge in [0.2, 0.25) is 0 Å². The Morgan fingerprint density at radius 3 is 2.85 bits per heavy atom. The second-order valence-electron chi connectivity index (χ2n) is 5.99. The van der Waals surface area contributed by atoms with Crippen molar-refractivity contribution < 1.29 is 9.32 Å². The molecule has 0 aliphatic carbocycles. The Bertz CT molecular complexity index is 861. The number of nitrogens with one attached hydrogen (secondary N) is 1. The molecule has 0 bridgehead atoms. The van der Waals surface area contributed by atoms with Crippen LogP contribution in [0.2, 0.25) is 0 Å². The number of nitrogens with zero attached hydrogens (tertiary/aromatic N) is 3. The largest absolute Gasteiger partial charge is 0.370 e. The van der Waals surface area contributed by atoms with Gasteiger partial charge in [-0.25, -0.2) is 0 Å². The lowest BCUT2D eigenvalue weighted by molar-refractivity contribution is 0.0945. The topological polar surface area (TPSA) is 71.3 Å². The monoisotopic (exact) mass is 350 g/mol. The fraction of sp³-hybridized carbons (Fsp3) is 0.250. The number of amides is 1. The van der Waals surface area contributed by atoms with Crippen molar-refractivity contribution in [2.45, 2.75) is 13.8 Å². The average molecular weight is 350 g/mol. The lowest BCUT2D eigenvalue weighted by Crippen LogP contribution is -2.35. The van der Waals surface area contributed by atoms with Gasteiger partial charge in [0.15, 0.2) is 11.5 Å². The fourth-order valence-electron chi connectivity index (χ4n) is 2.72. The van der Waals surface area contributed by atoms with Crippen LogP contribution in [0.3, 0.4) is 0 Å². The molecule has 1 N–H and O–H groups in total. The molecule has 0 aliphatic heterocycles. The van der Waals surface area contributed by atoms with E-state index in [2.05, 4.69) is 52.4 Å². The van der Waals surface area contributed by atoms with Gasteiger partial charge in [-0.05, 0) is 43.7 Å². The first-order valence-corrected chi connectivity index (χ1v) is 8.64. The van der Waals surface area contributed by atoms with Gasteiger partial charge in [0.25, 0.3) is 5.91 Å². The SMILES string of the molecule is CCN(CCNC(=O)c1cc(-c2cccnc2)on1)c1cccc(C)c1. The predicted octanol–water partition coefficient (Wildman–Crippen LogP) is 3.30. The van der Waals surface area contributed by atoms with Crippen LogP contribution in [0.25, 0.3) is 11.3 Å². The molecule has 6 heteroatoms. The minimum atomic E-state index is -0.246. The van der Waals surface area contributed by atoms with E-state index in [0.29, 0.717) is 12.3 Å². The quantitative estimate of drug-likeness (QED) is 0.708. The van der Waals surface area contributed by atoms with Crippen LogP contribution in [0, 0.1) is 6.92 Å². The average Bonchev–Trinajstić information content (AvgIpc) is 3.16. The molecule has 3 rings (SSSR count). The summed E-state index contributed by atoms with van der Waals surface area (Å²) in [5.74, 6) is 0.280. The summed E-state index contributed by atoms with van der Waals surface area (Å²) in [6.07, 6.45) is 3.35. The number of carbonyl (C=O) groups excluding carboxylic acids is 1. The van der Waals surface area contributed by atoms with Crippen molar-refractivity contribution in [2.75, 3.05) is 24.5 Å². The first-order valence-electron chi connectivity index (χ1n) is 8.64. The molecule has 1 aromatic carbocycles. The minimum absolute atomic E-state index is 0.246. The second-order valence-corrected chi connectivity index (χ2v) is 5.99. The zero-order valence-corrected chi connectivity index (χ0v) is 15.0. The van der Waals surface area contributed by atoms with E-state index in [9.17, 15) is 4.79 Å². The summed E-state index contributed by atoms with van der Waals surface area (Å²) in [5, 5.41) is 6.75. The molecule has 2 heterocycles. The van der Waals surface area contributed by atoms with Gasteiger partial charge < -0.3 is 14.7 Å². The highest BCUT2D eigenvalue weighted by atomic mass is 16.5. The molecule has 1 amide bonds. The highest BCUT2D eigenvalue weighted by Gasteiger charge is 2.14. The Hall–Kier alpha value is -3.15. The van der Waals surface area contributed by atoms with Crippen molar-refractivity contribution in [3.05, 3.63) is 66.1 Å². The van der Waals surface area contributed by atoms with Crippen molar-refractivity contribution >= 4 is 11.6 Å². The van der Waals surface area contributed by atoms with Gasteiger partial charge in [-0.1, -0.05) is 17.3 Å². The highest BCUT2D eigenvalue weighted by molar-refractivity contribution is 5.93. The third-order valence-electron chi connectivity index (χ3n) is 4.10. The molecule has 0 saturated heterocycles. The van der Waals surface area contributed by atoms with Gasteiger partial charge in [0.05, 0.1) is 0 Å². The number of carbonyl (C=O) groups is 1. The summed E-state index contributed by atoms with van der Waals surface area (Å²) in [5.41, 5.74) is 3.43. The van der Waals surface area contributed by atoms with Gasteiger partial charge in [-0.15, -0.1) is 0 Å². The van der Waals surface area contributed by atoms with Crippen LogP contribution in [-0.2, 0) is 0 Å². The van der Waals surface area contributed by atoms with E-state index < -0.39 is 0 Å². The third kappa shape index (κ3) is 4.27. The summed E-state index contributed by atoms with van der Waals surface area (Å²) in [6, 6.07) is 13.6. The number of benzene rings is 1. The summed E-state index contributed by atoms with van der Waals surface area (Å²) in [7, 11) is 0. The van der Waals surface area contributed by atoms with Crippen LogP contribution in [0.4, 0.5) is 5.69 Å².